The minimum absolute atomic E-state index is 0.680. The Balaban J connectivity index is 2.08. The first-order chi connectivity index (χ1) is 6.36. The minimum Gasteiger partial charge on any atom is -0.314 e. The van der Waals surface area contributed by atoms with Crippen molar-refractivity contribution in [1.29, 1.82) is 0 Å². The number of hydrogen-bond acceptors (Lipinski definition) is 1. The lowest BCUT2D eigenvalue weighted by Crippen LogP contribution is -2.34. The summed E-state index contributed by atoms with van der Waals surface area (Å²) in [5, 5.41) is 3.48. The first-order valence-corrected chi connectivity index (χ1v) is 5.14. The molecule has 1 aliphatic rings. The van der Waals surface area contributed by atoms with Crippen LogP contribution in [0.1, 0.15) is 31.2 Å². The fraction of sp³-hybridized carbons (Fsp3) is 0.500. The maximum Gasteiger partial charge on any atom is 0.00445 e. The molecule has 1 heteroatoms. The summed E-state index contributed by atoms with van der Waals surface area (Å²) in [5.74, 6) is 0.775. The Morgan fingerprint density at radius 3 is 2.69 bits per heavy atom. The van der Waals surface area contributed by atoms with Gasteiger partial charge in [0.1, 0.15) is 0 Å². The van der Waals surface area contributed by atoms with Gasteiger partial charge in [0.15, 0.2) is 0 Å². The lowest BCUT2D eigenvalue weighted by molar-refractivity contribution is 0.381. The molecule has 13 heavy (non-hydrogen) atoms. The van der Waals surface area contributed by atoms with Crippen LogP contribution in [0.4, 0.5) is 0 Å². The zero-order valence-corrected chi connectivity index (χ0v) is 8.16. The van der Waals surface area contributed by atoms with Crippen molar-refractivity contribution in [3.8, 4) is 0 Å². The van der Waals surface area contributed by atoms with Gasteiger partial charge in [-0.15, -0.1) is 0 Å². The predicted octanol–water partition coefficient (Wildman–Crippen LogP) is 2.54. The lowest BCUT2D eigenvalue weighted by atomic mass is 9.87. The van der Waals surface area contributed by atoms with Gasteiger partial charge in [0.05, 0.1) is 0 Å². The van der Waals surface area contributed by atoms with E-state index in [9.17, 15) is 0 Å². The molecule has 0 bridgehead atoms. The zero-order valence-electron chi connectivity index (χ0n) is 8.16. The third-order valence-electron chi connectivity index (χ3n) is 2.89. The van der Waals surface area contributed by atoms with Crippen molar-refractivity contribution in [2.24, 2.45) is 0 Å². The van der Waals surface area contributed by atoms with Gasteiger partial charge in [-0.3, -0.25) is 0 Å². The van der Waals surface area contributed by atoms with Crippen LogP contribution < -0.4 is 5.32 Å². The van der Waals surface area contributed by atoms with E-state index in [1.807, 2.05) is 0 Å². The van der Waals surface area contributed by atoms with Crippen molar-refractivity contribution in [2.75, 3.05) is 6.54 Å². The monoisotopic (exact) mass is 175 g/mol. The average Bonchev–Trinajstić information content (AvgIpc) is 2.19. The largest absolute Gasteiger partial charge is 0.314 e. The molecule has 2 rings (SSSR count). The van der Waals surface area contributed by atoms with Crippen LogP contribution in [0.3, 0.4) is 0 Å². The highest BCUT2D eigenvalue weighted by Crippen LogP contribution is 2.26. The van der Waals surface area contributed by atoms with Gasteiger partial charge in [-0.25, -0.2) is 0 Å². The Bertz CT molecular complexity index is 255. The van der Waals surface area contributed by atoms with E-state index in [1.54, 1.807) is 0 Å². The highest BCUT2D eigenvalue weighted by Gasteiger charge is 2.18. The van der Waals surface area contributed by atoms with E-state index >= 15 is 0 Å². The summed E-state index contributed by atoms with van der Waals surface area (Å²) < 4.78 is 0. The molecule has 0 saturated carbocycles. The molecule has 0 unspecified atom stereocenters. The number of benzene rings is 1. The number of rotatable bonds is 1. The highest BCUT2D eigenvalue weighted by molar-refractivity contribution is 5.20. The molecular weight excluding hydrogens is 158 g/mol. The second-order valence-electron chi connectivity index (χ2n) is 3.99. The van der Waals surface area contributed by atoms with Crippen molar-refractivity contribution in [3.05, 3.63) is 35.9 Å². The van der Waals surface area contributed by atoms with Crippen LogP contribution in [0.2, 0.25) is 0 Å². The second kappa shape index (κ2) is 3.93. The summed E-state index contributed by atoms with van der Waals surface area (Å²) in [5.41, 5.74) is 1.51. The van der Waals surface area contributed by atoms with E-state index in [2.05, 4.69) is 42.6 Å². The summed E-state index contributed by atoms with van der Waals surface area (Å²) in [4.78, 5) is 0. The standard InChI is InChI=1S/C12H17N/c1-10-9-12(7-8-13-10)11-5-3-2-4-6-11/h2-6,10,12-13H,7-9H2,1H3/t10-,12-/m0/s1. The summed E-state index contributed by atoms with van der Waals surface area (Å²) in [6.07, 6.45) is 2.57. The van der Waals surface area contributed by atoms with Gasteiger partial charge in [0.2, 0.25) is 0 Å². The predicted molar refractivity (Wildman–Crippen MR) is 55.9 cm³/mol. The van der Waals surface area contributed by atoms with E-state index in [4.69, 9.17) is 0 Å². The molecule has 70 valence electrons. The smallest absolute Gasteiger partial charge is 0.00445 e. The SMILES string of the molecule is C[C@H]1C[C@@H](c2ccccc2)CCN1. The summed E-state index contributed by atoms with van der Waals surface area (Å²) in [6.45, 7) is 3.44. The summed E-state index contributed by atoms with van der Waals surface area (Å²) in [7, 11) is 0. The van der Waals surface area contributed by atoms with Gasteiger partial charge in [-0.2, -0.15) is 0 Å². The topological polar surface area (TPSA) is 12.0 Å². The van der Waals surface area contributed by atoms with E-state index in [-0.39, 0.29) is 0 Å². The molecule has 1 aromatic carbocycles. The van der Waals surface area contributed by atoms with Crippen molar-refractivity contribution in [3.63, 3.8) is 0 Å². The minimum atomic E-state index is 0.680. The molecule has 0 aromatic heterocycles. The van der Waals surface area contributed by atoms with Crippen LogP contribution in [0.5, 0.6) is 0 Å². The van der Waals surface area contributed by atoms with Gasteiger partial charge in [-0.05, 0) is 37.8 Å². The second-order valence-corrected chi connectivity index (χ2v) is 3.99. The molecule has 1 aliphatic heterocycles. The van der Waals surface area contributed by atoms with E-state index in [0.29, 0.717) is 6.04 Å². The van der Waals surface area contributed by atoms with Crippen LogP contribution in [0.25, 0.3) is 0 Å². The molecule has 0 amide bonds. The van der Waals surface area contributed by atoms with Crippen molar-refractivity contribution in [1.82, 2.24) is 5.32 Å². The Morgan fingerprint density at radius 1 is 1.23 bits per heavy atom. The zero-order chi connectivity index (χ0) is 9.10. The Hall–Kier alpha value is -0.820. The van der Waals surface area contributed by atoms with E-state index in [1.165, 1.54) is 24.9 Å². The van der Waals surface area contributed by atoms with Crippen molar-refractivity contribution >= 4 is 0 Å². The van der Waals surface area contributed by atoms with Crippen LogP contribution in [-0.2, 0) is 0 Å². The van der Waals surface area contributed by atoms with Gasteiger partial charge in [-0.1, -0.05) is 30.3 Å². The van der Waals surface area contributed by atoms with Gasteiger partial charge < -0.3 is 5.32 Å². The molecule has 0 spiro atoms. The molecule has 0 radical (unpaired) electrons. The Morgan fingerprint density at radius 2 is 2.00 bits per heavy atom. The lowest BCUT2D eigenvalue weighted by Gasteiger charge is -2.28. The highest BCUT2D eigenvalue weighted by atomic mass is 14.9. The molecule has 1 aromatic rings. The van der Waals surface area contributed by atoms with E-state index in [0.717, 1.165) is 5.92 Å². The Kier molecular flexibility index (Phi) is 2.65. The van der Waals surface area contributed by atoms with Crippen LogP contribution in [0, 0.1) is 0 Å². The number of piperidine rings is 1. The van der Waals surface area contributed by atoms with Gasteiger partial charge in [0.25, 0.3) is 0 Å². The summed E-state index contributed by atoms with van der Waals surface area (Å²) in [6, 6.07) is 11.6. The quantitative estimate of drug-likeness (QED) is 0.691. The third-order valence-corrected chi connectivity index (χ3v) is 2.89. The molecule has 1 N–H and O–H groups in total. The van der Waals surface area contributed by atoms with Gasteiger partial charge in [0, 0.05) is 6.04 Å². The maximum atomic E-state index is 3.48. The van der Waals surface area contributed by atoms with Crippen LogP contribution in [-0.4, -0.2) is 12.6 Å². The fourth-order valence-corrected chi connectivity index (χ4v) is 2.16. The van der Waals surface area contributed by atoms with E-state index < -0.39 is 0 Å². The normalized spacial score (nSPS) is 28.7. The van der Waals surface area contributed by atoms with Crippen molar-refractivity contribution in [2.45, 2.75) is 31.7 Å². The average molecular weight is 175 g/mol. The molecule has 1 fully saturated rings. The molecule has 1 heterocycles. The molecule has 2 atom stereocenters. The number of hydrogen-bond donors (Lipinski definition) is 1. The first-order valence-electron chi connectivity index (χ1n) is 5.14. The fourth-order valence-electron chi connectivity index (χ4n) is 2.16. The van der Waals surface area contributed by atoms with Crippen LogP contribution in [0.15, 0.2) is 30.3 Å². The molecular formula is C12H17N. The molecule has 1 saturated heterocycles. The van der Waals surface area contributed by atoms with Gasteiger partial charge >= 0.3 is 0 Å². The molecule has 1 nitrogen and oxygen atoms in total. The number of nitrogens with one attached hydrogen (secondary N) is 1. The maximum absolute atomic E-state index is 3.48. The van der Waals surface area contributed by atoms with Crippen LogP contribution >= 0.6 is 0 Å². The Labute approximate surface area is 80.2 Å². The first kappa shape index (κ1) is 8.76. The third kappa shape index (κ3) is 2.10. The molecule has 0 aliphatic carbocycles. The summed E-state index contributed by atoms with van der Waals surface area (Å²) >= 11 is 0. The van der Waals surface area contributed by atoms with Crippen molar-refractivity contribution < 1.29 is 0 Å².